The van der Waals surface area contributed by atoms with Crippen molar-refractivity contribution in [2.75, 3.05) is 5.73 Å². The number of Topliss-reactive ketones (excluding diaryl/α,β-unsaturated/α-hetero) is 1. The largest absolute Gasteiger partial charge is 0.489 e. The minimum Gasteiger partial charge on any atom is -0.489 e. The van der Waals surface area contributed by atoms with Crippen LogP contribution in [0.15, 0.2) is 42.5 Å². The highest BCUT2D eigenvalue weighted by atomic mass is 19.1. The molecule has 0 saturated carbocycles. The van der Waals surface area contributed by atoms with Crippen LogP contribution in [-0.4, -0.2) is 5.78 Å². The summed E-state index contributed by atoms with van der Waals surface area (Å²) in [5.74, 6) is -0.482. The van der Waals surface area contributed by atoms with Crippen LogP contribution in [-0.2, 0) is 6.61 Å². The quantitative estimate of drug-likeness (QED) is 0.677. The van der Waals surface area contributed by atoms with Gasteiger partial charge in [-0.3, -0.25) is 4.79 Å². The highest BCUT2D eigenvalue weighted by Crippen LogP contribution is 2.18. The van der Waals surface area contributed by atoms with Gasteiger partial charge in [-0.25, -0.2) is 4.39 Å². The molecule has 4 heteroatoms. The van der Waals surface area contributed by atoms with Gasteiger partial charge in [0.1, 0.15) is 18.2 Å². The summed E-state index contributed by atoms with van der Waals surface area (Å²) in [6.07, 6.45) is 0. The van der Waals surface area contributed by atoms with E-state index >= 15 is 0 Å². The normalized spacial score (nSPS) is 10.2. The number of ketones is 1. The summed E-state index contributed by atoms with van der Waals surface area (Å²) in [7, 11) is 0. The van der Waals surface area contributed by atoms with Gasteiger partial charge in [-0.05, 0) is 36.8 Å². The zero-order chi connectivity index (χ0) is 13.8. The van der Waals surface area contributed by atoms with Crippen LogP contribution >= 0.6 is 0 Å². The van der Waals surface area contributed by atoms with Gasteiger partial charge in [0.25, 0.3) is 0 Å². The zero-order valence-corrected chi connectivity index (χ0v) is 10.5. The lowest BCUT2D eigenvalue weighted by Gasteiger charge is -2.07. The first kappa shape index (κ1) is 13.1. The molecule has 0 saturated heterocycles. The Hall–Kier alpha value is -2.36. The Morgan fingerprint density at radius 3 is 2.47 bits per heavy atom. The van der Waals surface area contributed by atoms with Crippen LogP contribution in [0.4, 0.5) is 10.1 Å². The maximum Gasteiger partial charge on any atom is 0.162 e. The van der Waals surface area contributed by atoms with Crippen molar-refractivity contribution in [2.45, 2.75) is 13.5 Å². The molecule has 0 spiro atoms. The van der Waals surface area contributed by atoms with E-state index in [1.807, 2.05) is 12.1 Å². The summed E-state index contributed by atoms with van der Waals surface area (Å²) in [6, 6.07) is 11.5. The summed E-state index contributed by atoms with van der Waals surface area (Å²) in [4.78, 5) is 11.1. The molecule has 2 rings (SSSR count). The number of benzene rings is 2. The number of nitrogen functional groups attached to an aromatic ring is 1. The molecule has 2 aromatic carbocycles. The third kappa shape index (κ3) is 3.31. The molecule has 0 aliphatic carbocycles. The Balaban J connectivity index is 2.06. The number of carbonyl (C=O) groups excluding carboxylic acids is 1. The molecule has 98 valence electrons. The molecule has 19 heavy (non-hydrogen) atoms. The molecule has 0 aliphatic rings. The van der Waals surface area contributed by atoms with Gasteiger partial charge in [0.15, 0.2) is 5.78 Å². The van der Waals surface area contributed by atoms with Crippen LogP contribution in [0, 0.1) is 5.82 Å². The van der Waals surface area contributed by atoms with Gasteiger partial charge < -0.3 is 10.5 Å². The van der Waals surface area contributed by atoms with Crippen LogP contribution < -0.4 is 10.5 Å². The molecule has 0 aromatic heterocycles. The number of nitrogens with two attached hydrogens (primary N) is 1. The van der Waals surface area contributed by atoms with E-state index in [4.69, 9.17) is 10.5 Å². The number of ether oxygens (including phenoxy) is 1. The van der Waals surface area contributed by atoms with Gasteiger partial charge in [0, 0.05) is 11.8 Å². The average Bonchev–Trinajstić information content (AvgIpc) is 2.37. The Bertz CT molecular complexity index is 594. The third-order valence-corrected chi connectivity index (χ3v) is 2.71. The summed E-state index contributed by atoms with van der Waals surface area (Å²) in [5.41, 5.74) is 7.26. The SMILES string of the molecule is CC(=O)c1ccc(OCc2ccc(N)cc2)cc1F. The summed E-state index contributed by atoms with van der Waals surface area (Å²) in [6.45, 7) is 1.65. The Labute approximate surface area is 110 Å². The van der Waals surface area contributed by atoms with Crippen molar-refractivity contribution in [1.82, 2.24) is 0 Å². The van der Waals surface area contributed by atoms with E-state index < -0.39 is 5.82 Å². The molecular weight excluding hydrogens is 245 g/mol. The molecule has 0 radical (unpaired) electrons. The van der Waals surface area contributed by atoms with Crippen molar-refractivity contribution in [2.24, 2.45) is 0 Å². The van der Waals surface area contributed by atoms with Crippen LogP contribution in [0.2, 0.25) is 0 Å². The summed E-state index contributed by atoms with van der Waals surface area (Å²) >= 11 is 0. The second-order valence-electron chi connectivity index (χ2n) is 4.23. The topological polar surface area (TPSA) is 52.3 Å². The first-order valence-electron chi connectivity index (χ1n) is 5.84. The number of hydrogen-bond acceptors (Lipinski definition) is 3. The standard InChI is InChI=1S/C15H14FNO2/c1-10(18)14-7-6-13(8-15(14)16)19-9-11-2-4-12(17)5-3-11/h2-8H,9,17H2,1H3. The van der Waals surface area contributed by atoms with Crippen molar-refractivity contribution >= 4 is 11.5 Å². The summed E-state index contributed by atoms with van der Waals surface area (Å²) < 4.78 is 19.0. The van der Waals surface area contributed by atoms with E-state index in [0.29, 0.717) is 18.0 Å². The number of halogens is 1. The lowest BCUT2D eigenvalue weighted by molar-refractivity contribution is 0.101. The number of anilines is 1. The fourth-order valence-corrected chi connectivity index (χ4v) is 1.65. The Morgan fingerprint density at radius 2 is 1.89 bits per heavy atom. The minimum atomic E-state index is -0.567. The minimum absolute atomic E-state index is 0.0693. The molecule has 0 aliphatic heterocycles. The van der Waals surface area contributed by atoms with Crippen LogP contribution in [0.5, 0.6) is 5.75 Å². The Morgan fingerprint density at radius 1 is 1.21 bits per heavy atom. The zero-order valence-electron chi connectivity index (χ0n) is 10.5. The van der Waals surface area contributed by atoms with Crippen molar-refractivity contribution in [3.63, 3.8) is 0 Å². The lowest BCUT2D eigenvalue weighted by Crippen LogP contribution is -2.00. The molecule has 2 aromatic rings. The fraction of sp³-hybridized carbons (Fsp3) is 0.133. The van der Waals surface area contributed by atoms with Gasteiger partial charge in [-0.15, -0.1) is 0 Å². The van der Waals surface area contributed by atoms with Gasteiger partial charge in [-0.1, -0.05) is 12.1 Å². The highest BCUT2D eigenvalue weighted by Gasteiger charge is 2.08. The maximum absolute atomic E-state index is 13.6. The van der Waals surface area contributed by atoms with Crippen molar-refractivity contribution in [3.8, 4) is 5.75 Å². The smallest absolute Gasteiger partial charge is 0.162 e. The first-order valence-corrected chi connectivity index (χ1v) is 5.84. The van der Waals surface area contributed by atoms with E-state index in [0.717, 1.165) is 5.56 Å². The second kappa shape index (κ2) is 5.52. The second-order valence-corrected chi connectivity index (χ2v) is 4.23. The molecule has 0 heterocycles. The van der Waals surface area contributed by atoms with E-state index in [9.17, 15) is 9.18 Å². The van der Waals surface area contributed by atoms with Gasteiger partial charge in [0.2, 0.25) is 0 Å². The molecular formula is C15H14FNO2. The van der Waals surface area contributed by atoms with E-state index in [2.05, 4.69) is 0 Å². The maximum atomic E-state index is 13.6. The first-order chi connectivity index (χ1) is 9.06. The number of hydrogen-bond donors (Lipinski definition) is 1. The predicted molar refractivity (Wildman–Crippen MR) is 71.6 cm³/mol. The molecule has 2 N–H and O–H groups in total. The van der Waals surface area contributed by atoms with Gasteiger partial charge in [-0.2, -0.15) is 0 Å². The van der Waals surface area contributed by atoms with Crippen molar-refractivity contribution in [1.29, 1.82) is 0 Å². The fourth-order valence-electron chi connectivity index (χ4n) is 1.65. The number of carbonyl (C=O) groups is 1. The third-order valence-electron chi connectivity index (χ3n) is 2.71. The van der Waals surface area contributed by atoms with Crippen LogP contribution in [0.25, 0.3) is 0 Å². The number of rotatable bonds is 4. The lowest BCUT2D eigenvalue weighted by atomic mass is 10.1. The van der Waals surface area contributed by atoms with Crippen molar-refractivity contribution in [3.05, 3.63) is 59.4 Å². The van der Waals surface area contributed by atoms with Crippen LogP contribution in [0.3, 0.4) is 0 Å². The van der Waals surface area contributed by atoms with E-state index in [1.165, 1.54) is 19.1 Å². The van der Waals surface area contributed by atoms with E-state index in [-0.39, 0.29) is 11.3 Å². The van der Waals surface area contributed by atoms with Crippen molar-refractivity contribution < 1.29 is 13.9 Å². The summed E-state index contributed by atoms with van der Waals surface area (Å²) in [5, 5.41) is 0. The molecule has 0 unspecified atom stereocenters. The van der Waals surface area contributed by atoms with Gasteiger partial charge >= 0.3 is 0 Å². The van der Waals surface area contributed by atoms with Crippen LogP contribution in [0.1, 0.15) is 22.8 Å². The van der Waals surface area contributed by atoms with Gasteiger partial charge in [0.05, 0.1) is 5.56 Å². The monoisotopic (exact) mass is 259 g/mol. The Kier molecular flexibility index (Phi) is 3.80. The molecule has 3 nitrogen and oxygen atoms in total. The average molecular weight is 259 g/mol. The molecule has 0 fully saturated rings. The van der Waals surface area contributed by atoms with E-state index in [1.54, 1.807) is 18.2 Å². The highest BCUT2D eigenvalue weighted by molar-refractivity contribution is 5.94. The molecule has 0 amide bonds. The molecule has 0 atom stereocenters. The molecule has 0 bridgehead atoms. The predicted octanol–water partition coefficient (Wildman–Crippen LogP) is 3.19.